The van der Waals surface area contributed by atoms with Crippen LogP contribution >= 0.6 is 15.9 Å². The summed E-state index contributed by atoms with van der Waals surface area (Å²) in [5, 5.41) is 0.822. The largest absolute Gasteiger partial charge is 0.229 e. The van der Waals surface area contributed by atoms with Gasteiger partial charge in [-0.1, -0.05) is 54.5 Å². The van der Waals surface area contributed by atoms with Gasteiger partial charge in [-0.3, -0.25) is 0 Å². The summed E-state index contributed by atoms with van der Waals surface area (Å²) in [5.41, 5.74) is 0.0257. The first kappa shape index (κ1) is 14.8. The molecule has 2 saturated carbocycles. The molecule has 0 bridgehead atoms. The van der Waals surface area contributed by atoms with Crippen LogP contribution in [-0.4, -0.2) is 24.8 Å². The van der Waals surface area contributed by atoms with Crippen LogP contribution in [-0.2, 0) is 9.84 Å². The van der Waals surface area contributed by atoms with Crippen LogP contribution in [0.5, 0.6) is 0 Å². The summed E-state index contributed by atoms with van der Waals surface area (Å²) < 4.78 is 25.1. The fourth-order valence-electron chi connectivity index (χ4n) is 3.59. The van der Waals surface area contributed by atoms with Gasteiger partial charge in [0.1, 0.15) is 0 Å². The highest BCUT2D eigenvalue weighted by molar-refractivity contribution is 9.09. The molecule has 0 aromatic carbocycles. The quantitative estimate of drug-likeness (QED) is 0.572. The fraction of sp³-hybridized carbons (Fsp3) is 1.00. The Kier molecular flexibility index (Phi) is 5.15. The van der Waals surface area contributed by atoms with Gasteiger partial charge < -0.3 is 0 Å². The molecule has 2 fully saturated rings. The van der Waals surface area contributed by atoms with Crippen LogP contribution in [0.2, 0.25) is 0 Å². The minimum Gasteiger partial charge on any atom is -0.229 e. The summed E-state index contributed by atoms with van der Waals surface area (Å²) in [6.07, 6.45) is 11.1. The Labute approximate surface area is 120 Å². The van der Waals surface area contributed by atoms with E-state index in [0.29, 0.717) is 5.75 Å². The molecular formula is C14H25BrO2S. The van der Waals surface area contributed by atoms with Crippen LogP contribution in [0.15, 0.2) is 0 Å². The molecule has 0 unspecified atom stereocenters. The number of alkyl halides is 1. The zero-order valence-electron chi connectivity index (χ0n) is 11.2. The Bertz CT molecular complexity index is 350. The van der Waals surface area contributed by atoms with Crippen molar-refractivity contribution < 1.29 is 8.42 Å². The molecule has 106 valence electrons. The molecule has 0 aromatic heterocycles. The predicted molar refractivity (Wildman–Crippen MR) is 80.0 cm³/mol. The first-order valence-electron chi connectivity index (χ1n) is 7.36. The van der Waals surface area contributed by atoms with Gasteiger partial charge in [-0.2, -0.15) is 0 Å². The Morgan fingerprint density at radius 3 is 2.00 bits per heavy atom. The van der Waals surface area contributed by atoms with Crippen LogP contribution in [0.4, 0.5) is 0 Å². The maximum Gasteiger partial charge on any atom is 0.153 e. The summed E-state index contributed by atoms with van der Waals surface area (Å²) in [6.45, 7) is 0. The molecule has 4 heteroatoms. The topological polar surface area (TPSA) is 34.1 Å². The van der Waals surface area contributed by atoms with E-state index in [9.17, 15) is 8.42 Å². The summed E-state index contributed by atoms with van der Waals surface area (Å²) in [7, 11) is -2.88. The van der Waals surface area contributed by atoms with E-state index < -0.39 is 9.84 Å². The molecule has 0 spiro atoms. The van der Waals surface area contributed by atoms with Gasteiger partial charge in [0.05, 0.1) is 11.0 Å². The van der Waals surface area contributed by atoms with E-state index in [1.807, 2.05) is 0 Å². The number of halogens is 1. The Hall–Kier alpha value is 0.430. The third kappa shape index (κ3) is 3.50. The molecule has 0 saturated heterocycles. The predicted octanol–water partition coefficient (Wildman–Crippen LogP) is 4.08. The van der Waals surface area contributed by atoms with Crippen molar-refractivity contribution in [3.8, 4) is 0 Å². The third-order valence-corrected chi connectivity index (χ3v) is 8.46. The van der Waals surface area contributed by atoms with Gasteiger partial charge in [0.15, 0.2) is 9.84 Å². The van der Waals surface area contributed by atoms with E-state index in [4.69, 9.17) is 0 Å². The first-order valence-corrected chi connectivity index (χ1v) is 10.2. The highest BCUT2D eigenvalue weighted by atomic mass is 79.9. The Morgan fingerprint density at radius 1 is 0.944 bits per heavy atom. The van der Waals surface area contributed by atoms with E-state index in [0.717, 1.165) is 43.9 Å². The minimum atomic E-state index is -2.88. The second-order valence-electron chi connectivity index (χ2n) is 6.26. The Balaban J connectivity index is 2.08. The molecule has 18 heavy (non-hydrogen) atoms. The molecule has 0 amide bonds. The minimum absolute atomic E-state index is 0.0257. The van der Waals surface area contributed by atoms with Crippen molar-refractivity contribution in [2.45, 2.75) is 69.5 Å². The van der Waals surface area contributed by atoms with E-state index >= 15 is 0 Å². The molecule has 2 aliphatic rings. The molecule has 0 aromatic rings. The highest BCUT2D eigenvalue weighted by Crippen LogP contribution is 2.40. The summed E-state index contributed by atoms with van der Waals surface area (Å²) >= 11 is 3.60. The van der Waals surface area contributed by atoms with Crippen molar-refractivity contribution in [2.24, 2.45) is 5.41 Å². The smallest absolute Gasteiger partial charge is 0.153 e. The number of sulfone groups is 1. The second kappa shape index (κ2) is 6.25. The lowest BCUT2D eigenvalue weighted by Crippen LogP contribution is -2.35. The lowest BCUT2D eigenvalue weighted by molar-refractivity contribution is 0.326. The SMILES string of the molecule is O=S(=O)(CC1(CBr)CCCCCC1)C1CCCC1. The molecule has 0 aliphatic heterocycles. The third-order valence-electron chi connectivity index (χ3n) is 4.77. The fourth-order valence-corrected chi connectivity index (χ4v) is 7.14. The monoisotopic (exact) mass is 336 g/mol. The number of hydrogen-bond acceptors (Lipinski definition) is 2. The van der Waals surface area contributed by atoms with Gasteiger partial charge in [-0.05, 0) is 31.1 Å². The molecule has 0 heterocycles. The first-order chi connectivity index (χ1) is 8.58. The van der Waals surface area contributed by atoms with E-state index in [1.165, 1.54) is 25.7 Å². The standard InChI is InChI=1S/C14H25BrO2S/c15-11-14(9-5-1-2-6-10-14)12-18(16,17)13-7-3-4-8-13/h13H,1-12H2. The van der Waals surface area contributed by atoms with Crippen molar-refractivity contribution in [3.05, 3.63) is 0 Å². The van der Waals surface area contributed by atoms with Crippen molar-refractivity contribution in [1.29, 1.82) is 0 Å². The van der Waals surface area contributed by atoms with Gasteiger partial charge in [-0.15, -0.1) is 0 Å². The van der Waals surface area contributed by atoms with Crippen LogP contribution in [0.3, 0.4) is 0 Å². The Morgan fingerprint density at radius 2 is 1.50 bits per heavy atom. The molecule has 0 N–H and O–H groups in total. The van der Waals surface area contributed by atoms with Gasteiger partial charge in [0.2, 0.25) is 0 Å². The van der Waals surface area contributed by atoms with Gasteiger partial charge in [0, 0.05) is 5.33 Å². The van der Waals surface area contributed by atoms with Crippen LogP contribution in [0.25, 0.3) is 0 Å². The molecule has 0 atom stereocenters. The normalized spacial score (nSPS) is 26.1. The van der Waals surface area contributed by atoms with Crippen LogP contribution in [0, 0.1) is 5.41 Å². The average Bonchev–Trinajstić information content (AvgIpc) is 2.79. The van der Waals surface area contributed by atoms with Crippen molar-refractivity contribution in [2.75, 3.05) is 11.1 Å². The molecule has 2 nitrogen and oxygen atoms in total. The maximum absolute atomic E-state index is 12.6. The average molecular weight is 337 g/mol. The van der Waals surface area contributed by atoms with Crippen molar-refractivity contribution in [1.82, 2.24) is 0 Å². The lowest BCUT2D eigenvalue weighted by Gasteiger charge is -2.31. The zero-order valence-corrected chi connectivity index (χ0v) is 13.6. The summed E-state index contributed by atoms with van der Waals surface area (Å²) in [5.74, 6) is 0.427. The van der Waals surface area contributed by atoms with Crippen molar-refractivity contribution >= 4 is 25.8 Å². The van der Waals surface area contributed by atoms with Crippen LogP contribution in [0.1, 0.15) is 64.2 Å². The van der Waals surface area contributed by atoms with Crippen molar-refractivity contribution in [3.63, 3.8) is 0 Å². The number of rotatable bonds is 4. The maximum atomic E-state index is 12.6. The van der Waals surface area contributed by atoms with Gasteiger partial charge in [0.25, 0.3) is 0 Å². The van der Waals surface area contributed by atoms with E-state index in [2.05, 4.69) is 15.9 Å². The van der Waals surface area contributed by atoms with Crippen LogP contribution < -0.4 is 0 Å². The number of hydrogen-bond donors (Lipinski definition) is 0. The molecule has 2 aliphatic carbocycles. The summed E-state index contributed by atoms with van der Waals surface area (Å²) in [6, 6.07) is 0. The van der Waals surface area contributed by atoms with Gasteiger partial charge in [-0.25, -0.2) is 8.42 Å². The zero-order chi connectivity index (χ0) is 13.1. The molecule has 0 radical (unpaired) electrons. The molecular weight excluding hydrogens is 312 g/mol. The molecule has 2 rings (SSSR count). The lowest BCUT2D eigenvalue weighted by atomic mass is 9.85. The second-order valence-corrected chi connectivity index (χ2v) is 9.10. The van der Waals surface area contributed by atoms with E-state index in [1.54, 1.807) is 0 Å². The van der Waals surface area contributed by atoms with E-state index in [-0.39, 0.29) is 10.7 Å². The summed E-state index contributed by atoms with van der Waals surface area (Å²) in [4.78, 5) is 0. The highest BCUT2D eigenvalue weighted by Gasteiger charge is 2.38. The van der Waals surface area contributed by atoms with Gasteiger partial charge >= 0.3 is 0 Å².